The van der Waals surface area contributed by atoms with Crippen LogP contribution in [-0.2, 0) is 0 Å². The third-order valence-corrected chi connectivity index (χ3v) is 6.11. The number of benzene rings is 1. The van der Waals surface area contributed by atoms with Gasteiger partial charge in [-0.25, -0.2) is 9.97 Å². The number of aliphatic imine (C=N–C) groups is 1. The van der Waals surface area contributed by atoms with Gasteiger partial charge in [0.2, 0.25) is 5.95 Å². The zero-order chi connectivity index (χ0) is 19.5. The predicted molar refractivity (Wildman–Crippen MR) is 116 cm³/mol. The molecule has 0 amide bonds. The first-order chi connectivity index (χ1) is 13.6. The first-order valence-electron chi connectivity index (χ1n) is 9.73. The highest BCUT2D eigenvalue weighted by Gasteiger charge is 2.20. The Morgan fingerprint density at radius 2 is 2.04 bits per heavy atom. The number of nitrogens with two attached hydrogens (primary N) is 1. The van der Waals surface area contributed by atoms with Crippen LogP contribution in [0.1, 0.15) is 43.6 Å². The standard InChI is InChI=1S/C20H24Cl2N6/c21-16-8-13-11-25-20(28-18(10-23)19(22)26-14-2-1-3-14)27-17(13)9-15(16)12-4-6-24-7-5-12/h8-12,14,24H,1-7,23H2,(H,25,27,28)/b18-10+,26-19?. The summed E-state index contributed by atoms with van der Waals surface area (Å²) in [6, 6.07) is 4.32. The van der Waals surface area contributed by atoms with Crippen LogP contribution in [-0.4, -0.2) is 34.3 Å². The van der Waals surface area contributed by atoms with E-state index >= 15 is 0 Å². The second-order valence-corrected chi connectivity index (χ2v) is 8.13. The Morgan fingerprint density at radius 1 is 1.25 bits per heavy atom. The summed E-state index contributed by atoms with van der Waals surface area (Å²) >= 11 is 12.9. The van der Waals surface area contributed by atoms with E-state index in [0.717, 1.165) is 60.3 Å². The second kappa shape index (κ2) is 8.64. The summed E-state index contributed by atoms with van der Waals surface area (Å²) in [6.45, 7) is 2.03. The monoisotopic (exact) mass is 418 g/mol. The lowest BCUT2D eigenvalue weighted by Crippen LogP contribution is -2.26. The minimum Gasteiger partial charge on any atom is -0.403 e. The summed E-state index contributed by atoms with van der Waals surface area (Å²) in [5.41, 5.74) is 8.25. The van der Waals surface area contributed by atoms with Crippen molar-refractivity contribution in [3.63, 3.8) is 0 Å². The van der Waals surface area contributed by atoms with Gasteiger partial charge >= 0.3 is 0 Å². The van der Waals surface area contributed by atoms with E-state index in [1.807, 2.05) is 6.07 Å². The molecule has 1 aliphatic heterocycles. The Hall–Kier alpha value is -1.89. The number of rotatable bonds is 5. The molecule has 4 rings (SSSR count). The highest BCUT2D eigenvalue weighted by molar-refractivity contribution is 6.69. The highest BCUT2D eigenvalue weighted by atomic mass is 35.5. The van der Waals surface area contributed by atoms with Gasteiger partial charge in [0.15, 0.2) is 0 Å². The number of piperidine rings is 1. The fourth-order valence-corrected chi connectivity index (χ4v) is 4.18. The van der Waals surface area contributed by atoms with Gasteiger partial charge in [-0.1, -0.05) is 23.2 Å². The SMILES string of the molecule is N/C=C(/Nc1ncc2cc(Cl)c(C3CCNCC3)cc2n1)C(Cl)=NC1CCC1. The molecule has 2 aromatic rings. The molecule has 1 aromatic carbocycles. The summed E-state index contributed by atoms with van der Waals surface area (Å²) < 4.78 is 0. The maximum Gasteiger partial charge on any atom is 0.227 e. The van der Waals surface area contributed by atoms with E-state index in [2.05, 4.69) is 31.7 Å². The van der Waals surface area contributed by atoms with Crippen LogP contribution in [0.25, 0.3) is 10.9 Å². The van der Waals surface area contributed by atoms with Crippen molar-refractivity contribution < 1.29 is 0 Å². The molecule has 1 saturated carbocycles. The number of anilines is 1. The number of aromatic nitrogens is 2. The number of hydrogen-bond donors (Lipinski definition) is 3. The van der Waals surface area contributed by atoms with Crippen molar-refractivity contribution in [1.29, 1.82) is 0 Å². The summed E-state index contributed by atoms with van der Waals surface area (Å²) in [5, 5.41) is 8.53. The van der Waals surface area contributed by atoms with Gasteiger partial charge in [0.05, 0.1) is 17.3 Å². The molecular formula is C20H24Cl2N6. The van der Waals surface area contributed by atoms with E-state index in [1.54, 1.807) is 6.20 Å². The molecule has 1 aromatic heterocycles. The van der Waals surface area contributed by atoms with Crippen LogP contribution in [0.15, 0.2) is 35.2 Å². The Morgan fingerprint density at radius 3 is 2.71 bits per heavy atom. The Kier molecular flexibility index (Phi) is 5.99. The quantitative estimate of drug-likeness (QED) is 0.634. The Balaban J connectivity index is 1.59. The lowest BCUT2D eigenvalue weighted by molar-refractivity contribution is 0.421. The molecule has 0 bridgehead atoms. The van der Waals surface area contributed by atoms with Crippen molar-refractivity contribution in [3.05, 3.63) is 40.8 Å². The van der Waals surface area contributed by atoms with Gasteiger partial charge in [-0.3, -0.25) is 4.99 Å². The molecule has 2 fully saturated rings. The number of nitrogens with one attached hydrogen (secondary N) is 2. The Bertz CT molecular complexity index is 916. The first kappa shape index (κ1) is 19.4. The zero-order valence-electron chi connectivity index (χ0n) is 15.6. The van der Waals surface area contributed by atoms with Crippen LogP contribution in [0.4, 0.5) is 5.95 Å². The van der Waals surface area contributed by atoms with Crippen LogP contribution < -0.4 is 16.4 Å². The van der Waals surface area contributed by atoms with E-state index in [4.69, 9.17) is 28.9 Å². The summed E-state index contributed by atoms with van der Waals surface area (Å²) in [4.78, 5) is 13.5. The fraction of sp³-hybridized carbons (Fsp3) is 0.450. The topological polar surface area (TPSA) is 88.2 Å². The number of halogens is 2. The van der Waals surface area contributed by atoms with Gasteiger partial charge in [-0.05, 0) is 68.8 Å². The zero-order valence-corrected chi connectivity index (χ0v) is 17.1. The van der Waals surface area contributed by atoms with Crippen LogP contribution in [0.2, 0.25) is 5.02 Å². The summed E-state index contributed by atoms with van der Waals surface area (Å²) in [6.07, 6.45) is 8.66. The lowest BCUT2D eigenvalue weighted by Gasteiger charge is -2.24. The molecule has 148 valence electrons. The average Bonchev–Trinajstić information content (AvgIpc) is 2.69. The van der Waals surface area contributed by atoms with Gasteiger partial charge in [-0.2, -0.15) is 0 Å². The molecule has 0 radical (unpaired) electrons. The van der Waals surface area contributed by atoms with Gasteiger partial charge in [-0.15, -0.1) is 0 Å². The van der Waals surface area contributed by atoms with Crippen molar-refractivity contribution in [1.82, 2.24) is 15.3 Å². The van der Waals surface area contributed by atoms with Gasteiger partial charge in [0.25, 0.3) is 0 Å². The normalized spacial score (nSPS) is 19.6. The van der Waals surface area contributed by atoms with Gasteiger partial charge in [0, 0.05) is 22.8 Å². The molecule has 4 N–H and O–H groups in total. The minimum absolute atomic E-state index is 0.288. The van der Waals surface area contributed by atoms with Gasteiger partial charge in [0.1, 0.15) is 5.17 Å². The largest absolute Gasteiger partial charge is 0.403 e. The molecule has 0 unspecified atom stereocenters. The van der Waals surface area contributed by atoms with Crippen molar-refractivity contribution in [2.45, 2.75) is 44.1 Å². The Labute approximate surface area is 174 Å². The number of hydrogen-bond acceptors (Lipinski definition) is 6. The van der Waals surface area contributed by atoms with E-state index in [-0.39, 0.29) is 6.04 Å². The number of nitrogens with zero attached hydrogens (tertiary/aromatic N) is 3. The van der Waals surface area contributed by atoms with E-state index in [0.29, 0.717) is 22.7 Å². The first-order valence-corrected chi connectivity index (χ1v) is 10.5. The number of fused-ring (bicyclic) bond motifs is 1. The molecule has 28 heavy (non-hydrogen) atoms. The molecule has 8 heteroatoms. The molecule has 1 aliphatic carbocycles. The number of allylic oxidation sites excluding steroid dienone is 1. The van der Waals surface area contributed by atoms with Gasteiger partial charge < -0.3 is 16.4 Å². The molecule has 2 heterocycles. The maximum atomic E-state index is 6.54. The maximum absolute atomic E-state index is 6.54. The molecule has 0 atom stereocenters. The second-order valence-electron chi connectivity index (χ2n) is 7.36. The van der Waals surface area contributed by atoms with Crippen LogP contribution in [0.5, 0.6) is 0 Å². The lowest BCUT2D eigenvalue weighted by atomic mass is 9.89. The smallest absolute Gasteiger partial charge is 0.227 e. The van der Waals surface area contributed by atoms with Crippen molar-refractivity contribution in [2.75, 3.05) is 18.4 Å². The summed E-state index contributed by atoms with van der Waals surface area (Å²) in [5.74, 6) is 0.887. The van der Waals surface area contributed by atoms with E-state index in [1.165, 1.54) is 12.6 Å². The highest BCUT2D eigenvalue weighted by Crippen LogP contribution is 2.34. The molecule has 1 saturated heterocycles. The van der Waals surface area contributed by atoms with Crippen molar-refractivity contribution >= 4 is 45.2 Å². The fourth-order valence-electron chi connectivity index (χ4n) is 3.60. The van der Waals surface area contributed by atoms with E-state index in [9.17, 15) is 0 Å². The predicted octanol–water partition coefficient (Wildman–Crippen LogP) is 4.15. The minimum atomic E-state index is 0.288. The van der Waals surface area contributed by atoms with Crippen LogP contribution in [0, 0.1) is 0 Å². The molecule has 0 spiro atoms. The average molecular weight is 419 g/mol. The third-order valence-electron chi connectivity index (χ3n) is 5.48. The molecule has 6 nitrogen and oxygen atoms in total. The van der Waals surface area contributed by atoms with E-state index < -0.39 is 0 Å². The van der Waals surface area contributed by atoms with Crippen LogP contribution in [0.3, 0.4) is 0 Å². The molecular weight excluding hydrogens is 395 g/mol. The third kappa shape index (κ3) is 4.24. The van der Waals surface area contributed by atoms with Crippen molar-refractivity contribution in [3.8, 4) is 0 Å². The summed E-state index contributed by atoms with van der Waals surface area (Å²) in [7, 11) is 0. The van der Waals surface area contributed by atoms with Crippen LogP contribution >= 0.6 is 23.2 Å². The van der Waals surface area contributed by atoms with Crippen molar-refractivity contribution in [2.24, 2.45) is 10.7 Å². The molecule has 2 aliphatic rings.